The summed E-state index contributed by atoms with van der Waals surface area (Å²) in [4.78, 5) is 0. The van der Waals surface area contributed by atoms with Gasteiger partial charge in [0.25, 0.3) is 0 Å². The fraction of sp³-hybridized carbons (Fsp3) is 1.00. The monoisotopic (exact) mass is 263 g/mol. The summed E-state index contributed by atoms with van der Waals surface area (Å²) in [5.41, 5.74) is 0.804. The third-order valence-corrected chi connectivity index (χ3v) is 6.54. The van der Waals surface area contributed by atoms with E-state index >= 15 is 0 Å². The van der Waals surface area contributed by atoms with Gasteiger partial charge in [-0.1, -0.05) is 32.6 Å². The Kier molecular flexibility index (Phi) is 4.51. The predicted molar refractivity (Wildman–Crippen MR) is 82.3 cm³/mol. The van der Waals surface area contributed by atoms with Crippen molar-refractivity contribution in [3.63, 3.8) is 0 Å². The largest absolute Gasteiger partial charge is 0.314 e. The highest BCUT2D eigenvalue weighted by Gasteiger charge is 2.37. The van der Waals surface area contributed by atoms with E-state index in [1.165, 1.54) is 70.8 Å². The minimum atomic E-state index is 0.804. The standard InChI is InChI=1S/C18H33N/c1-15-4-6-16(7-5-15)14-19-17-8-12-18(13-9-17)10-2-3-11-18/h15-17,19H,2-14H2,1H3. The Bertz CT molecular complexity index is 261. The summed E-state index contributed by atoms with van der Waals surface area (Å²) in [5, 5.41) is 3.91. The lowest BCUT2D eigenvalue weighted by molar-refractivity contribution is 0.162. The average Bonchev–Trinajstić information content (AvgIpc) is 2.89. The minimum absolute atomic E-state index is 0.804. The molecule has 0 aromatic carbocycles. The van der Waals surface area contributed by atoms with Gasteiger partial charge >= 0.3 is 0 Å². The van der Waals surface area contributed by atoms with E-state index in [0.717, 1.165) is 23.3 Å². The zero-order valence-corrected chi connectivity index (χ0v) is 12.9. The molecule has 1 heteroatoms. The molecule has 1 N–H and O–H groups in total. The molecular formula is C18H33N. The third kappa shape index (κ3) is 3.54. The van der Waals surface area contributed by atoms with Gasteiger partial charge in [0.2, 0.25) is 0 Å². The predicted octanol–water partition coefficient (Wildman–Crippen LogP) is 4.91. The van der Waals surface area contributed by atoms with Crippen LogP contribution >= 0.6 is 0 Å². The van der Waals surface area contributed by atoms with Gasteiger partial charge < -0.3 is 5.32 Å². The normalized spacial score (nSPS) is 35.8. The lowest BCUT2D eigenvalue weighted by Crippen LogP contribution is -2.39. The molecule has 1 nitrogen and oxygen atoms in total. The van der Waals surface area contributed by atoms with E-state index in [1.807, 2.05) is 0 Å². The van der Waals surface area contributed by atoms with E-state index in [9.17, 15) is 0 Å². The highest BCUT2D eigenvalue weighted by molar-refractivity contribution is 4.91. The van der Waals surface area contributed by atoms with Crippen molar-refractivity contribution in [1.82, 2.24) is 5.32 Å². The van der Waals surface area contributed by atoms with Crippen LogP contribution in [0.2, 0.25) is 0 Å². The molecule has 19 heavy (non-hydrogen) atoms. The average molecular weight is 263 g/mol. The molecule has 1 spiro atoms. The lowest BCUT2D eigenvalue weighted by Gasteiger charge is -2.38. The molecule has 0 saturated heterocycles. The molecule has 110 valence electrons. The third-order valence-electron chi connectivity index (χ3n) is 6.54. The number of hydrogen-bond acceptors (Lipinski definition) is 1. The zero-order valence-electron chi connectivity index (χ0n) is 12.9. The van der Waals surface area contributed by atoms with Gasteiger partial charge in [-0.05, 0) is 75.2 Å². The van der Waals surface area contributed by atoms with Crippen molar-refractivity contribution in [3.8, 4) is 0 Å². The molecule has 0 heterocycles. The topological polar surface area (TPSA) is 12.0 Å². The molecule has 3 saturated carbocycles. The first-order chi connectivity index (χ1) is 9.26. The van der Waals surface area contributed by atoms with Crippen LogP contribution in [-0.2, 0) is 0 Å². The SMILES string of the molecule is CC1CCC(CNC2CCC3(CCCC3)CC2)CC1. The Labute approximate surface area is 119 Å². The molecular weight excluding hydrogens is 230 g/mol. The fourth-order valence-electron chi connectivity index (χ4n) is 4.93. The van der Waals surface area contributed by atoms with Gasteiger partial charge in [-0.2, -0.15) is 0 Å². The summed E-state index contributed by atoms with van der Waals surface area (Å²) in [7, 11) is 0. The van der Waals surface area contributed by atoms with Crippen LogP contribution in [0.5, 0.6) is 0 Å². The van der Waals surface area contributed by atoms with Gasteiger partial charge in [0.05, 0.1) is 0 Å². The van der Waals surface area contributed by atoms with E-state index < -0.39 is 0 Å². The van der Waals surface area contributed by atoms with Crippen molar-refractivity contribution in [2.24, 2.45) is 17.3 Å². The van der Waals surface area contributed by atoms with Gasteiger partial charge in [-0.15, -0.1) is 0 Å². The number of rotatable bonds is 3. The van der Waals surface area contributed by atoms with Gasteiger partial charge in [0.15, 0.2) is 0 Å². The van der Waals surface area contributed by atoms with Gasteiger partial charge in [0.1, 0.15) is 0 Å². The maximum Gasteiger partial charge on any atom is 0.00675 e. The van der Waals surface area contributed by atoms with Crippen molar-refractivity contribution in [2.75, 3.05) is 6.54 Å². The molecule has 0 unspecified atom stereocenters. The first-order valence-electron chi connectivity index (χ1n) is 8.99. The zero-order chi connectivity index (χ0) is 13.1. The summed E-state index contributed by atoms with van der Waals surface area (Å²) in [6.45, 7) is 3.73. The maximum atomic E-state index is 3.91. The second-order valence-electron chi connectivity index (χ2n) is 8.02. The molecule has 0 aromatic heterocycles. The van der Waals surface area contributed by atoms with Crippen LogP contribution in [0.15, 0.2) is 0 Å². The summed E-state index contributed by atoms with van der Waals surface area (Å²) in [6.07, 6.45) is 18.0. The smallest absolute Gasteiger partial charge is 0.00675 e. The van der Waals surface area contributed by atoms with Crippen LogP contribution in [0.3, 0.4) is 0 Å². The Balaban J connectivity index is 1.36. The summed E-state index contributed by atoms with van der Waals surface area (Å²) >= 11 is 0. The van der Waals surface area contributed by atoms with E-state index in [2.05, 4.69) is 12.2 Å². The van der Waals surface area contributed by atoms with Crippen molar-refractivity contribution in [1.29, 1.82) is 0 Å². The van der Waals surface area contributed by atoms with E-state index in [1.54, 1.807) is 12.8 Å². The number of hydrogen-bond donors (Lipinski definition) is 1. The van der Waals surface area contributed by atoms with E-state index in [4.69, 9.17) is 0 Å². The molecule has 0 aromatic rings. The summed E-state index contributed by atoms with van der Waals surface area (Å²) < 4.78 is 0. The molecule has 0 amide bonds. The van der Waals surface area contributed by atoms with Crippen LogP contribution in [0.25, 0.3) is 0 Å². The van der Waals surface area contributed by atoms with Gasteiger partial charge in [0, 0.05) is 6.04 Å². The lowest BCUT2D eigenvalue weighted by atomic mass is 9.71. The molecule has 0 radical (unpaired) electrons. The van der Waals surface area contributed by atoms with Crippen LogP contribution in [0.1, 0.15) is 84.0 Å². The Morgan fingerprint density at radius 2 is 1.47 bits per heavy atom. The molecule has 3 rings (SSSR count). The number of nitrogens with one attached hydrogen (secondary N) is 1. The Morgan fingerprint density at radius 1 is 0.842 bits per heavy atom. The van der Waals surface area contributed by atoms with Crippen LogP contribution in [0, 0.1) is 17.3 Å². The highest BCUT2D eigenvalue weighted by atomic mass is 14.9. The molecule has 0 bridgehead atoms. The molecule has 0 aliphatic heterocycles. The second kappa shape index (κ2) is 6.16. The first kappa shape index (κ1) is 13.9. The van der Waals surface area contributed by atoms with Gasteiger partial charge in [-0.25, -0.2) is 0 Å². The van der Waals surface area contributed by atoms with Crippen LogP contribution in [-0.4, -0.2) is 12.6 Å². The van der Waals surface area contributed by atoms with E-state index in [-0.39, 0.29) is 0 Å². The minimum Gasteiger partial charge on any atom is -0.314 e. The van der Waals surface area contributed by atoms with E-state index in [0.29, 0.717) is 0 Å². The van der Waals surface area contributed by atoms with Crippen LogP contribution < -0.4 is 5.32 Å². The highest BCUT2D eigenvalue weighted by Crippen LogP contribution is 2.48. The first-order valence-corrected chi connectivity index (χ1v) is 8.99. The molecule has 3 fully saturated rings. The quantitative estimate of drug-likeness (QED) is 0.763. The summed E-state index contributed by atoms with van der Waals surface area (Å²) in [5.74, 6) is 1.98. The molecule has 3 aliphatic carbocycles. The maximum absolute atomic E-state index is 3.91. The van der Waals surface area contributed by atoms with Crippen molar-refractivity contribution >= 4 is 0 Å². The second-order valence-corrected chi connectivity index (χ2v) is 8.02. The van der Waals surface area contributed by atoms with Crippen molar-refractivity contribution < 1.29 is 0 Å². The van der Waals surface area contributed by atoms with Crippen molar-refractivity contribution in [2.45, 2.75) is 90.0 Å². The summed E-state index contributed by atoms with van der Waals surface area (Å²) in [6, 6.07) is 0.852. The Hall–Kier alpha value is -0.0400. The van der Waals surface area contributed by atoms with Gasteiger partial charge in [-0.3, -0.25) is 0 Å². The Morgan fingerprint density at radius 3 is 2.11 bits per heavy atom. The molecule has 3 aliphatic rings. The molecule has 0 atom stereocenters. The van der Waals surface area contributed by atoms with Crippen LogP contribution in [0.4, 0.5) is 0 Å². The van der Waals surface area contributed by atoms with Crippen molar-refractivity contribution in [3.05, 3.63) is 0 Å². The fourth-order valence-corrected chi connectivity index (χ4v) is 4.93.